The highest BCUT2D eigenvalue weighted by molar-refractivity contribution is 7.13. The summed E-state index contributed by atoms with van der Waals surface area (Å²) in [5.41, 5.74) is 1.10. The maximum absolute atomic E-state index is 12.8. The van der Waals surface area contributed by atoms with E-state index >= 15 is 0 Å². The Kier molecular flexibility index (Phi) is 6.31. The van der Waals surface area contributed by atoms with Crippen LogP contribution in [0, 0.1) is 5.41 Å². The number of carbonyl (C=O) groups is 1. The number of carboxylic acids is 1. The van der Waals surface area contributed by atoms with Gasteiger partial charge in [-0.1, -0.05) is 42.5 Å². The Labute approximate surface area is 174 Å². The highest BCUT2D eigenvalue weighted by Gasteiger charge is 2.30. The number of nitrogens with one attached hydrogen (secondary N) is 2. The van der Waals surface area contributed by atoms with Crippen LogP contribution in [0.2, 0.25) is 0 Å². The summed E-state index contributed by atoms with van der Waals surface area (Å²) in [5, 5.41) is 22.1. The first kappa shape index (κ1) is 21.3. The first-order valence-corrected chi connectivity index (χ1v) is 9.57. The molecule has 0 aliphatic heterocycles. The Balaban J connectivity index is 1.86. The number of aromatic nitrogens is 1. The average Bonchev–Trinajstić information content (AvgIpc) is 3.20. The number of benzene rings is 2. The van der Waals surface area contributed by atoms with Crippen LogP contribution in [-0.4, -0.2) is 21.8 Å². The Morgan fingerprint density at radius 3 is 2.37 bits per heavy atom. The third-order valence-electron chi connectivity index (χ3n) is 4.15. The quantitative estimate of drug-likeness (QED) is 0.433. The van der Waals surface area contributed by atoms with Crippen LogP contribution in [0.4, 0.5) is 18.3 Å². The van der Waals surface area contributed by atoms with E-state index in [0.717, 1.165) is 23.5 Å². The highest BCUT2D eigenvalue weighted by atomic mass is 32.1. The first-order chi connectivity index (χ1) is 14.2. The van der Waals surface area contributed by atoms with Crippen LogP contribution < -0.4 is 5.32 Å². The number of hydrogen-bond donors (Lipinski definition) is 3. The van der Waals surface area contributed by atoms with Crippen molar-refractivity contribution in [2.45, 2.75) is 12.6 Å². The second kappa shape index (κ2) is 8.91. The lowest BCUT2D eigenvalue weighted by atomic mass is 9.96. The summed E-state index contributed by atoms with van der Waals surface area (Å²) in [6.45, 7) is 0. The van der Waals surface area contributed by atoms with E-state index in [4.69, 9.17) is 10.5 Å². The normalized spacial score (nSPS) is 11.9. The number of thiazole rings is 1. The van der Waals surface area contributed by atoms with Crippen molar-refractivity contribution in [2.75, 3.05) is 5.32 Å². The lowest BCUT2D eigenvalue weighted by Gasteiger charge is -2.12. The second-order valence-corrected chi connectivity index (χ2v) is 7.13. The molecular weight excluding hydrogens is 415 g/mol. The minimum Gasteiger partial charge on any atom is -0.476 e. The Bertz CT molecular complexity index is 1070. The van der Waals surface area contributed by atoms with Crippen molar-refractivity contribution in [3.05, 3.63) is 94.1 Å². The number of aromatic carboxylic acids is 1. The molecule has 1 aromatic heterocycles. The molecule has 0 fully saturated rings. The molecule has 0 atom stereocenters. The van der Waals surface area contributed by atoms with Crippen molar-refractivity contribution in [1.82, 2.24) is 4.98 Å². The van der Waals surface area contributed by atoms with E-state index in [0.29, 0.717) is 21.8 Å². The molecule has 0 aliphatic carbocycles. The van der Waals surface area contributed by atoms with Crippen molar-refractivity contribution in [3.63, 3.8) is 0 Å². The van der Waals surface area contributed by atoms with Gasteiger partial charge in [-0.05, 0) is 28.8 Å². The standard InChI is InChI=1S/C21H16F3N3O2S/c22-21(23,24)16-8-6-13(7-9-16)10-15(18(25)14-4-2-1-3-5-14)11-26-20-27-17(12-30-20)19(28)29/h1-9,11-12,25H,10H2,(H,26,27)(H,28,29)/b15-11-,25-18?. The summed E-state index contributed by atoms with van der Waals surface area (Å²) in [5.74, 6) is -1.15. The zero-order valence-corrected chi connectivity index (χ0v) is 16.2. The molecule has 3 N–H and O–H groups in total. The maximum Gasteiger partial charge on any atom is 0.416 e. The second-order valence-electron chi connectivity index (χ2n) is 6.27. The zero-order valence-electron chi connectivity index (χ0n) is 15.4. The Morgan fingerprint density at radius 2 is 1.80 bits per heavy atom. The first-order valence-electron chi connectivity index (χ1n) is 8.69. The van der Waals surface area contributed by atoms with Crippen LogP contribution in [-0.2, 0) is 12.6 Å². The van der Waals surface area contributed by atoms with Crippen molar-refractivity contribution in [1.29, 1.82) is 5.41 Å². The summed E-state index contributed by atoms with van der Waals surface area (Å²) in [6, 6.07) is 13.7. The van der Waals surface area contributed by atoms with Crippen LogP contribution in [0.3, 0.4) is 0 Å². The molecule has 5 nitrogen and oxygen atoms in total. The molecule has 3 rings (SSSR count). The largest absolute Gasteiger partial charge is 0.476 e. The van der Waals surface area contributed by atoms with Crippen molar-refractivity contribution < 1.29 is 23.1 Å². The minimum atomic E-state index is -4.41. The lowest BCUT2D eigenvalue weighted by molar-refractivity contribution is -0.137. The van der Waals surface area contributed by atoms with E-state index in [-0.39, 0.29) is 17.8 Å². The molecule has 0 aliphatic rings. The van der Waals surface area contributed by atoms with Gasteiger partial charge in [-0.3, -0.25) is 5.41 Å². The molecule has 0 saturated carbocycles. The van der Waals surface area contributed by atoms with Gasteiger partial charge >= 0.3 is 12.1 Å². The summed E-state index contributed by atoms with van der Waals surface area (Å²) in [6.07, 6.45) is -2.68. The fourth-order valence-corrected chi connectivity index (χ4v) is 3.28. The number of anilines is 1. The van der Waals surface area contributed by atoms with E-state index < -0.39 is 17.7 Å². The predicted molar refractivity (Wildman–Crippen MR) is 109 cm³/mol. The molecule has 30 heavy (non-hydrogen) atoms. The van der Waals surface area contributed by atoms with Gasteiger partial charge in [-0.25, -0.2) is 9.78 Å². The smallest absolute Gasteiger partial charge is 0.416 e. The molecule has 0 spiro atoms. The molecule has 9 heteroatoms. The van der Waals surface area contributed by atoms with Crippen molar-refractivity contribution in [2.24, 2.45) is 0 Å². The number of alkyl halides is 3. The van der Waals surface area contributed by atoms with Gasteiger partial charge < -0.3 is 10.4 Å². The predicted octanol–water partition coefficient (Wildman–Crippen LogP) is 5.47. The SMILES string of the molecule is N=C(/C(=C\Nc1nc(C(=O)O)cs1)Cc1ccc(C(F)(F)F)cc1)c1ccccc1. The van der Waals surface area contributed by atoms with E-state index in [1.807, 2.05) is 6.07 Å². The third kappa shape index (κ3) is 5.32. The van der Waals surface area contributed by atoms with E-state index in [1.54, 1.807) is 24.3 Å². The average molecular weight is 431 g/mol. The molecule has 0 unspecified atom stereocenters. The van der Waals surface area contributed by atoms with E-state index in [1.165, 1.54) is 23.7 Å². The van der Waals surface area contributed by atoms with Crippen LogP contribution in [0.25, 0.3) is 0 Å². The number of allylic oxidation sites excluding steroid dienone is 1. The van der Waals surface area contributed by atoms with Crippen molar-refractivity contribution >= 4 is 28.1 Å². The van der Waals surface area contributed by atoms with Crippen LogP contribution in [0.5, 0.6) is 0 Å². The summed E-state index contributed by atoms with van der Waals surface area (Å²) >= 11 is 1.10. The number of hydrogen-bond acceptors (Lipinski definition) is 5. The van der Waals surface area contributed by atoms with Crippen LogP contribution in [0.1, 0.15) is 27.2 Å². The van der Waals surface area contributed by atoms with Gasteiger partial charge in [0.2, 0.25) is 0 Å². The molecule has 0 saturated heterocycles. The van der Waals surface area contributed by atoms with Gasteiger partial charge in [0.15, 0.2) is 10.8 Å². The van der Waals surface area contributed by atoms with E-state index in [9.17, 15) is 18.0 Å². The summed E-state index contributed by atoms with van der Waals surface area (Å²) in [4.78, 5) is 14.9. The topological polar surface area (TPSA) is 86.1 Å². The molecule has 3 aromatic rings. The van der Waals surface area contributed by atoms with E-state index in [2.05, 4.69) is 10.3 Å². The Morgan fingerprint density at radius 1 is 1.13 bits per heavy atom. The molecule has 0 radical (unpaired) electrons. The number of rotatable bonds is 7. The molecular formula is C21H16F3N3O2S. The molecule has 1 heterocycles. The monoisotopic (exact) mass is 431 g/mol. The van der Waals surface area contributed by atoms with Crippen LogP contribution in [0.15, 0.2) is 71.8 Å². The van der Waals surface area contributed by atoms with Gasteiger partial charge in [0.25, 0.3) is 0 Å². The van der Waals surface area contributed by atoms with Crippen molar-refractivity contribution in [3.8, 4) is 0 Å². The minimum absolute atomic E-state index is 0.0988. The molecule has 0 bridgehead atoms. The molecule has 2 aromatic carbocycles. The fourth-order valence-electron chi connectivity index (χ4n) is 2.62. The summed E-state index contributed by atoms with van der Waals surface area (Å²) in [7, 11) is 0. The van der Waals surface area contributed by atoms with Gasteiger partial charge in [0.05, 0.1) is 11.3 Å². The number of halogens is 3. The zero-order chi connectivity index (χ0) is 21.7. The third-order valence-corrected chi connectivity index (χ3v) is 4.93. The molecule has 0 amide bonds. The van der Waals surface area contributed by atoms with Gasteiger partial charge in [0.1, 0.15) is 0 Å². The van der Waals surface area contributed by atoms with Crippen LogP contribution >= 0.6 is 11.3 Å². The maximum atomic E-state index is 12.8. The van der Waals surface area contributed by atoms with Gasteiger partial charge in [-0.15, -0.1) is 11.3 Å². The number of nitrogens with zero attached hydrogens (tertiary/aromatic N) is 1. The Hall–Kier alpha value is -3.46. The van der Waals surface area contributed by atoms with Gasteiger partial charge in [-0.2, -0.15) is 13.2 Å². The summed E-state index contributed by atoms with van der Waals surface area (Å²) < 4.78 is 38.4. The highest BCUT2D eigenvalue weighted by Crippen LogP contribution is 2.29. The van der Waals surface area contributed by atoms with Gasteiger partial charge in [0, 0.05) is 18.0 Å². The molecule has 154 valence electrons. The lowest BCUT2D eigenvalue weighted by Crippen LogP contribution is -2.09. The number of carboxylic acid groups (broad SMARTS) is 1. The fraction of sp³-hybridized carbons (Fsp3) is 0.0952.